The molecule has 0 radical (unpaired) electrons. The average Bonchev–Trinajstić information content (AvgIpc) is 2.99. The Morgan fingerprint density at radius 1 is 1.27 bits per heavy atom. The van der Waals surface area contributed by atoms with E-state index in [1.165, 1.54) is 23.5 Å². The van der Waals surface area contributed by atoms with Gasteiger partial charge in [0, 0.05) is 30.8 Å². The summed E-state index contributed by atoms with van der Waals surface area (Å²) in [6, 6.07) is 13.4. The number of nitro groups is 1. The average molecular weight is 371 g/mol. The van der Waals surface area contributed by atoms with Gasteiger partial charge in [0.15, 0.2) is 4.80 Å². The lowest BCUT2D eigenvalue weighted by atomic mass is 10.2. The molecule has 1 amide bonds. The van der Waals surface area contributed by atoms with Gasteiger partial charge in [0.2, 0.25) is 0 Å². The Bertz CT molecular complexity index is 1010. The van der Waals surface area contributed by atoms with Crippen molar-refractivity contribution in [2.45, 2.75) is 13.5 Å². The van der Waals surface area contributed by atoms with Crippen LogP contribution in [0.5, 0.6) is 0 Å². The molecule has 134 valence electrons. The molecule has 1 heterocycles. The number of carbonyl (C=O) groups is 1. The predicted octanol–water partition coefficient (Wildman–Crippen LogP) is 3.39. The van der Waals surface area contributed by atoms with Crippen LogP contribution in [-0.4, -0.2) is 28.6 Å². The van der Waals surface area contributed by atoms with Gasteiger partial charge in [-0.1, -0.05) is 29.5 Å². The molecule has 0 fully saturated rings. The van der Waals surface area contributed by atoms with Gasteiger partial charge in [0.1, 0.15) is 0 Å². The summed E-state index contributed by atoms with van der Waals surface area (Å²) < 4.78 is 8.02. The fourth-order valence-corrected chi connectivity index (χ4v) is 3.54. The van der Waals surface area contributed by atoms with E-state index in [0.717, 1.165) is 4.70 Å². The fraction of sp³-hybridized carbons (Fsp3) is 0.222. The van der Waals surface area contributed by atoms with E-state index < -0.39 is 4.92 Å². The molecule has 3 aromatic rings. The Balaban J connectivity index is 2.10. The van der Waals surface area contributed by atoms with Crippen molar-refractivity contribution in [2.24, 2.45) is 4.99 Å². The summed E-state index contributed by atoms with van der Waals surface area (Å²) >= 11 is 1.32. The highest BCUT2D eigenvalue weighted by Crippen LogP contribution is 2.23. The Kier molecular flexibility index (Phi) is 5.55. The molecule has 0 aliphatic heterocycles. The minimum atomic E-state index is -0.435. The molecule has 0 spiro atoms. The third-order valence-electron chi connectivity index (χ3n) is 3.76. The monoisotopic (exact) mass is 371 g/mol. The van der Waals surface area contributed by atoms with Crippen molar-refractivity contribution in [1.29, 1.82) is 0 Å². The number of fused-ring (bicyclic) bond motifs is 1. The topological polar surface area (TPSA) is 86.7 Å². The van der Waals surface area contributed by atoms with Gasteiger partial charge < -0.3 is 9.30 Å². The summed E-state index contributed by atoms with van der Waals surface area (Å²) in [5, 5.41) is 11.1. The third kappa shape index (κ3) is 3.87. The number of nitro benzene ring substituents is 1. The summed E-state index contributed by atoms with van der Waals surface area (Å²) in [6.07, 6.45) is 0. The molecule has 26 heavy (non-hydrogen) atoms. The Morgan fingerprint density at radius 2 is 2.04 bits per heavy atom. The Morgan fingerprint density at radius 3 is 2.73 bits per heavy atom. The molecule has 8 heteroatoms. The van der Waals surface area contributed by atoms with Crippen LogP contribution in [0.25, 0.3) is 10.2 Å². The van der Waals surface area contributed by atoms with E-state index in [-0.39, 0.29) is 11.6 Å². The van der Waals surface area contributed by atoms with Gasteiger partial charge in [0.05, 0.1) is 21.7 Å². The largest absolute Gasteiger partial charge is 0.380 e. The van der Waals surface area contributed by atoms with Crippen LogP contribution >= 0.6 is 11.3 Å². The Hall–Kier alpha value is -2.84. The van der Waals surface area contributed by atoms with Gasteiger partial charge in [-0.25, -0.2) is 0 Å². The smallest absolute Gasteiger partial charge is 0.279 e. The number of amides is 1. The van der Waals surface area contributed by atoms with E-state index in [1.807, 2.05) is 13.0 Å². The van der Waals surface area contributed by atoms with E-state index in [4.69, 9.17) is 4.74 Å². The summed E-state index contributed by atoms with van der Waals surface area (Å²) in [6.45, 7) is 3.34. The minimum Gasteiger partial charge on any atom is -0.380 e. The maximum atomic E-state index is 12.4. The fourth-order valence-electron chi connectivity index (χ4n) is 2.50. The first-order chi connectivity index (χ1) is 12.6. The number of benzene rings is 2. The number of aromatic nitrogens is 1. The van der Waals surface area contributed by atoms with Gasteiger partial charge in [-0.05, 0) is 25.1 Å². The van der Waals surface area contributed by atoms with Crippen LogP contribution in [-0.2, 0) is 11.3 Å². The number of rotatable bonds is 6. The standard InChI is InChI=1S/C18H17N3O4S/c1-2-25-11-10-20-15-12-14(21(23)24)8-9-16(15)26-18(20)19-17(22)13-6-4-3-5-7-13/h3-9,12H,2,10-11H2,1H3. The highest BCUT2D eigenvalue weighted by molar-refractivity contribution is 7.16. The van der Waals surface area contributed by atoms with Crippen LogP contribution in [0.3, 0.4) is 0 Å². The quantitative estimate of drug-likeness (QED) is 0.377. The molecule has 1 aromatic heterocycles. The van der Waals surface area contributed by atoms with Crippen molar-refractivity contribution in [3.8, 4) is 0 Å². The van der Waals surface area contributed by atoms with E-state index in [2.05, 4.69) is 4.99 Å². The number of nitrogens with zero attached hydrogens (tertiary/aromatic N) is 3. The second kappa shape index (κ2) is 8.03. The van der Waals surface area contributed by atoms with Crippen LogP contribution in [0.1, 0.15) is 17.3 Å². The lowest BCUT2D eigenvalue weighted by Gasteiger charge is -2.05. The SMILES string of the molecule is CCOCCn1c(=NC(=O)c2ccccc2)sc2ccc([N+](=O)[O-])cc21. The second-order valence-corrected chi connectivity index (χ2v) is 6.43. The number of carbonyl (C=O) groups excluding carboxylic acids is 1. The molecule has 0 saturated heterocycles. The second-order valence-electron chi connectivity index (χ2n) is 5.43. The molecule has 0 aliphatic carbocycles. The van der Waals surface area contributed by atoms with Crippen LogP contribution in [0.2, 0.25) is 0 Å². The first-order valence-electron chi connectivity index (χ1n) is 8.09. The van der Waals surface area contributed by atoms with Gasteiger partial charge in [-0.15, -0.1) is 0 Å². The number of thiazole rings is 1. The number of hydrogen-bond acceptors (Lipinski definition) is 5. The predicted molar refractivity (Wildman–Crippen MR) is 99.3 cm³/mol. The first-order valence-corrected chi connectivity index (χ1v) is 8.91. The van der Waals surface area contributed by atoms with Crippen molar-refractivity contribution in [1.82, 2.24) is 4.57 Å². The molecule has 3 rings (SSSR count). The first kappa shape index (κ1) is 18.0. The van der Waals surface area contributed by atoms with E-state index in [1.54, 1.807) is 34.9 Å². The molecule has 0 N–H and O–H groups in total. The van der Waals surface area contributed by atoms with Crippen LogP contribution in [0, 0.1) is 10.1 Å². The lowest BCUT2D eigenvalue weighted by Crippen LogP contribution is -2.19. The third-order valence-corrected chi connectivity index (χ3v) is 4.82. The van der Waals surface area contributed by atoms with Gasteiger partial charge in [-0.3, -0.25) is 14.9 Å². The molecular weight excluding hydrogens is 354 g/mol. The number of non-ortho nitro benzene ring substituents is 1. The van der Waals surface area contributed by atoms with Crippen molar-refractivity contribution < 1.29 is 14.5 Å². The van der Waals surface area contributed by atoms with Gasteiger partial charge in [-0.2, -0.15) is 4.99 Å². The van der Waals surface area contributed by atoms with Crippen LogP contribution < -0.4 is 4.80 Å². The highest BCUT2D eigenvalue weighted by atomic mass is 32.1. The van der Waals surface area contributed by atoms with Crippen molar-refractivity contribution in [3.63, 3.8) is 0 Å². The molecular formula is C18H17N3O4S. The summed E-state index contributed by atoms with van der Waals surface area (Å²) in [5.41, 5.74) is 1.16. The number of hydrogen-bond donors (Lipinski definition) is 0. The Labute approximate surface area is 153 Å². The summed E-state index contributed by atoms with van der Waals surface area (Å²) in [5.74, 6) is -0.350. The lowest BCUT2D eigenvalue weighted by molar-refractivity contribution is -0.384. The van der Waals surface area contributed by atoms with Crippen LogP contribution in [0.4, 0.5) is 5.69 Å². The van der Waals surface area contributed by atoms with E-state index >= 15 is 0 Å². The molecule has 0 aliphatic rings. The molecule has 7 nitrogen and oxygen atoms in total. The molecule has 0 unspecified atom stereocenters. The van der Waals surface area contributed by atoms with Gasteiger partial charge in [0.25, 0.3) is 11.6 Å². The molecule has 2 aromatic carbocycles. The van der Waals surface area contributed by atoms with Crippen molar-refractivity contribution >= 4 is 33.1 Å². The maximum Gasteiger partial charge on any atom is 0.279 e. The van der Waals surface area contributed by atoms with Crippen LogP contribution in [0.15, 0.2) is 53.5 Å². The van der Waals surface area contributed by atoms with Gasteiger partial charge >= 0.3 is 0 Å². The zero-order chi connectivity index (χ0) is 18.5. The van der Waals surface area contributed by atoms with E-state index in [9.17, 15) is 14.9 Å². The van der Waals surface area contributed by atoms with Crippen molar-refractivity contribution in [3.05, 3.63) is 69.0 Å². The summed E-state index contributed by atoms with van der Waals surface area (Å²) in [4.78, 5) is 27.8. The maximum absolute atomic E-state index is 12.4. The zero-order valence-corrected chi connectivity index (χ0v) is 14.9. The highest BCUT2D eigenvalue weighted by Gasteiger charge is 2.13. The zero-order valence-electron chi connectivity index (χ0n) is 14.1. The molecule has 0 atom stereocenters. The van der Waals surface area contributed by atoms with E-state index in [0.29, 0.717) is 35.6 Å². The van der Waals surface area contributed by atoms with Crippen molar-refractivity contribution in [2.75, 3.05) is 13.2 Å². The number of ether oxygens (including phenoxy) is 1. The molecule has 0 saturated carbocycles. The molecule has 0 bridgehead atoms. The summed E-state index contributed by atoms with van der Waals surface area (Å²) in [7, 11) is 0. The minimum absolute atomic E-state index is 0.00129. The normalized spacial score (nSPS) is 11.8.